The Bertz CT molecular complexity index is 1040. The fourth-order valence-corrected chi connectivity index (χ4v) is 4.46. The Morgan fingerprint density at radius 3 is 1.97 bits per heavy atom. The number of hydrogen-bond acceptors (Lipinski definition) is 4. The Morgan fingerprint density at radius 1 is 0.914 bits per heavy atom. The van der Waals surface area contributed by atoms with E-state index in [1.807, 2.05) is 45.0 Å². The topological polar surface area (TPSA) is 105 Å². The number of aliphatic carboxylic acids is 1. The second-order valence-corrected chi connectivity index (χ2v) is 11.1. The molecule has 3 rings (SSSR count). The van der Waals surface area contributed by atoms with Crippen LogP contribution in [0, 0.1) is 16.7 Å². The molecule has 0 aliphatic heterocycles. The van der Waals surface area contributed by atoms with Gasteiger partial charge in [0.1, 0.15) is 6.61 Å². The zero-order chi connectivity index (χ0) is 25.8. The van der Waals surface area contributed by atoms with E-state index in [2.05, 4.69) is 34.9 Å². The lowest BCUT2D eigenvalue weighted by Gasteiger charge is -2.27. The van der Waals surface area contributed by atoms with Crippen LogP contribution in [0.1, 0.15) is 58.1 Å². The van der Waals surface area contributed by atoms with Gasteiger partial charge in [0.15, 0.2) is 0 Å². The number of hydrogen-bond donors (Lipinski definition) is 3. The number of rotatable bonds is 9. The van der Waals surface area contributed by atoms with Crippen LogP contribution < -0.4 is 10.6 Å². The summed E-state index contributed by atoms with van der Waals surface area (Å²) >= 11 is 0. The molecule has 0 spiro atoms. The van der Waals surface area contributed by atoms with Crippen LogP contribution in [0.25, 0.3) is 11.1 Å². The number of benzene rings is 2. The Balaban J connectivity index is 1.52. The van der Waals surface area contributed by atoms with Crippen molar-refractivity contribution >= 4 is 18.0 Å². The van der Waals surface area contributed by atoms with Crippen molar-refractivity contribution in [1.29, 1.82) is 0 Å². The molecule has 2 amide bonds. The largest absolute Gasteiger partial charge is 0.481 e. The van der Waals surface area contributed by atoms with E-state index in [1.165, 1.54) is 0 Å². The molecule has 7 heteroatoms. The van der Waals surface area contributed by atoms with Gasteiger partial charge in [-0.1, -0.05) is 69.3 Å². The van der Waals surface area contributed by atoms with Crippen molar-refractivity contribution in [3.05, 3.63) is 59.7 Å². The number of carboxylic acids is 1. The maximum Gasteiger partial charge on any atom is 0.407 e. The van der Waals surface area contributed by atoms with Crippen molar-refractivity contribution in [3.8, 4) is 11.1 Å². The van der Waals surface area contributed by atoms with Crippen LogP contribution in [0.4, 0.5) is 4.79 Å². The van der Waals surface area contributed by atoms with Gasteiger partial charge in [0.05, 0.1) is 11.3 Å². The van der Waals surface area contributed by atoms with E-state index in [9.17, 15) is 19.5 Å². The third-order valence-corrected chi connectivity index (χ3v) is 6.35. The van der Waals surface area contributed by atoms with Crippen LogP contribution in [0.15, 0.2) is 48.5 Å². The second-order valence-electron chi connectivity index (χ2n) is 11.1. The molecule has 3 N–H and O–H groups in total. The predicted molar refractivity (Wildman–Crippen MR) is 135 cm³/mol. The average Bonchev–Trinajstić information content (AvgIpc) is 3.11. The van der Waals surface area contributed by atoms with Gasteiger partial charge in [-0.15, -0.1) is 0 Å². The van der Waals surface area contributed by atoms with Gasteiger partial charge in [0.25, 0.3) is 0 Å². The molecule has 0 aromatic heterocycles. The number of ether oxygens (including phenoxy) is 1. The molecule has 1 unspecified atom stereocenters. The van der Waals surface area contributed by atoms with E-state index >= 15 is 0 Å². The molecular weight excluding hydrogens is 444 g/mol. The lowest BCUT2D eigenvalue weighted by atomic mass is 9.84. The zero-order valence-corrected chi connectivity index (χ0v) is 21.2. The first-order chi connectivity index (χ1) is 16.4. The number of alkyl carbamates (subject to hydrolysis) is 1. The highest BCUT2D eigenvalue weighted by Crippen LogP contribution is 2.44. The molecule has 1 aliphatic carbocycles. The zero-order valence-electron chi connectivity index (χ0n) is 21.2. The molecule has 35 heavy (non-hydrogen) atoms. The first-order valence-electron chi connectivity index (χ1n) is 12.0. The number of amides is 2. The summed E-state index contributed by atoms with van der Waals surface area (Å²) in [5, 5.41) is 14.9. The summed E-state index contributed by atoms with van der Waals surface area (Å²) in [6, 6.07) is 16.2. The Kier molecular flexibility index (Phi) is 7.88. The summed E-state index contributed by atoms with van der Waals surface area (Å²) < 4.78 is 5.54. The smallest absolute Gasteiger partial charge is 0.407 e. The Labute approximate surface area is 207 Å². The highest BCUT2D eigenvalue weighted by molar-refractivity contribution is 5.83. The monoisotopic (exact) mass is 480 g/mol. The highest BCUT2D eigenvalue weighted by Gasteiger charge is 2.32. The third-order valence-electron chi connectivity index (χ3n) is 6.35. The fourth-order valence-electron chi connectivity index (χ4n) is 4.46. The van der Waals surface area contributed by atoms with Gasteiger partial charge in [-0.25, -0.2) is 4.79 Å². The Morgan fingerprint density at radius 2 is 1.46 bits per heavy atom. The van der Waals surface area contributed by atoms with Crippen LogP contribution in [0.3, 0.4) is 0 Å². The predicted octanol–water partition coefficient (Wildman–Crippen LogP) is 4.80. The van der Waals surface area contributed by atoms with Gasteiger partial charge in [-0.05, 0) is 47.9 Å². The van der Waals surface area contributed by atoms with Crippen molar-refractivity contribution in [1.82, 2.24) is 10.6 Å². The summed E-state index contributed by atoms with van der Waals surface area (Å²) in [4.78, 5) is 36.7. The Hall–Kier alpha value is -3.35. The molecule has 2 aromatic carbocycles. The summed E-state index contributed by atoms with van der Waals surface area (Å²) in [6.07, 6.45) is -0.148. The lowest BCUT2D eigenvalue weighted by Crippen LogP contribution is -2.47. The van der Waals surface area contributed by atoms with E-state index in [1.54, 1.807) is 13.8 Å². The van der Waals surface area contributed by atoms with E-state index in [-0.39, 0.29) is 36.9 Å². The molecule has 0 saturated heterocycles. The SMILES string of the molecule is CC(C)(C)CC(CNC(=O)C(C)(C)CNC(=O)OCC1c2ccccc2-c2ccccc21)C(=O)O. The summed E-state index contributed by atoms with van der Waals surface area (Å²) in [7, 11) is 0. The van der Waals surface area contributed by atoms with Crippen molar-refractivity contribution in [2.75, 3.05) is 19.7 Å². The van der Waals surface area contributed by atoms with Crippen LogP contribution in [-0.4, -0.2) is 42.8 Å². The molecule has 0 radical (unpaired) electrons. The molecule has 0 bridgehead atoms. The molecule has 0 saturated carbocycles. The van der Waals surface area contributed by atoms with Gasteiger partial charge in [0.2, 0.25) is 5.91 Å². The van der Waals surface area contributed by atoms with E-state index in [0.717, 1.165) is 22.3 Å². The number of fused-ring (bicyclic) bond motifs is 3. The number of nitrogens with one attached hydrogen (secondary N) is 2. The fraction of sp³-hybridized carbons (Fsp3) is 0.464. The number of carboxylic acid groups (broad SMARTS) is 1. The molecule has 7 nitrogen and oxygen atoms in total. The van der Waals surface area contributed by atoms with Gasteiger partial charge in [0, 0.05) is 19.0 Å². The maximum atomic E-state index is 12.7. The quantitative estimate of drug-likeness (QED) is 0.478. The molecule has 1 aliphatic rings. The first-order valence-corrected chi connectivity index (χ1v) is 12.0. The summed E-state index contributed by atoms with van der Waals surface area (Å²) in [5.41, 5.74) is 3.46. The minimum Gasteiger partial charge on any atom is -0.481 e. The summed E-state index contributed by atoms with van der Waals surface area (Å²) in [5.74, 6) is -1.98. The summed E-state index contributed by atoms with van der Waals surface area (Å²) in [6.45, 7) is 9.59. The maximum absolute atomic E-state index is 12.7. The second kappa shape index (κ2) is 10.5. The van der Waals surface area contributed by atoms with Crippen molar-refractivity contribution < 1.29 is 24.2 Å². The van der Waals surface area contributed by atoms with E-state index < -0.39 is 23.4 Å². The van der Waals surface area contributed by atoms with Gasteiger partial charge in [-0.2, -0.15) is 0 Å². The molecule has 2 aromatic rings. The van der Waals surface area contributed by atoms with Crippen molar-refractivity contribution in [2.24, 2.45) is 16.7 Å². The first kappa shape index (κ1) is 26.3. The molecule has 188 valence electrons. The molecule has 1 atom stereocenters. The van der Waals surface area contributed by atoms with Gasteiger partial charge in [-0.3, -0.25) is 9.59 Å². The van der Waals surface area contributed by atoms with Crippen molar-refractivity contribution in [2.45, 2.75) is 47.0 Å². The third kappa shape index (κ3) is 6.62. The van der Waals surface area contributed by atoms with Crippen LogP contribution in [0.5, 0.6) is 0 Å². The average molecular weight is 481 g/mol. The lowest BCUT2D eigenvalue weighted by molar-refractivity contribution is -0.143. The van der Waals surface area contributed by atoms with Crippen LogP contribution in [-0.2, 0) is 14.3 Å². The van der Waals surface area contributed by atoms with Crippen LogP contribution in [0.2, 0.25) is 0 Å². The van der Waals surface area contributed by atoms with E-state index in [0.29, 0.717) is 6.42 Å². The van der Waals surface area contributed by atoms with E-state index in [4.69, 9.17) is 4.74 Å². The molecule has 0 fully saturated rings. The minimum absolute atomic E-state index is 0.0415. The van der Waals surface area contributed by atoms with Crippen molar-refractivity contribution in [3.63, 3.8) is 0 Å². The normalized spacial score (nSPS) is 14.0. The highest BCUT2D eigenvalue weighted by atomic mass is 16.5. The van der Waals surface area contributed by atoms with Crippen LogP contribution >= 0.6 is 0 Å². The number of carbonyl (C=O) groups excluding carboxylic acids is 2. The minimum atomic E-state index is -0.935. The molecule has 0 heterocycles. The number of carbonyl (C=O) groups is 3. The van der Waals surface area contributed by atoms with Gasteiger partial charge >= 0.3 is 12.1 Å². The van der Waals surface area contributed by atoms with Gasteiger partial charge < -0.3 is 20.5 Å². The molecular formula is C28H36N2O5. The standard InChI is InChI=1S/C28H36N2O5/c1-27(2,3)14-18(24(31)32)15-29-25(33)28(4,5)17-30-26(34)35-16-23-21-12-8-6-10-19(21)20-11-7-9-13-22(20)23/h6-13,18,23H,14-17H2,1-5H3,(H,29,33)(H,30,34)(H,31,32).